The molecule has 0 aliphatic heterocycles. The minimum atomic E-state index is -0.597. The lowest BCUT2D eigenvalue weighted by Crippen LogP contribution is -2.32. The smallest absolute Gasteiger partial charge is 0.284 e. The van der Waals surface area contributed by atoms with Crippen molar-refractivity contribution in [2.24, 2.45) is 0 Å². The highest BCUT2D eigenvalue weighted by atomic mass is 35.5. The first-order valence-electron chi connectivity index (χ1n) is 8.58. The van der Waals surface area contributed by atoms with Gasteiger partial charge in [-0.2, -0.15) is 0 Å². The van der Waals surface area contributed by atoms with Crippen LogP contribution in [-0.2, 0) is 6.54 Å². The second-order valence-electron chi connectivity index (χ2n) is 6.15. The molecular formula is C21H15ClN4O2. The summed E-state index contributed by atoms with van der Waals surface area (Å²) in [5, 5.41) is 3.16. The van der Waals surface area contributed by atoms with Gasteiger partial charge in [0.1, 0.15) is 5.52 Å². The van der Waals surface area contributed by atoms with Crippen LogP contribution in [0.25, 0.3) is 11.2 Å². The molecule has 7 heteroatoms. The number of hydrogen-bond acceptors (Lipinski definition) is 4. The second-order valence-corrected chi connectivity index (χ2v) is 6.58. The second kappa shape index (κ2) is 7.62. The molecule has 1 amide bonds. The first-order chi connectivity index (χ1) is 13.6. The lowest BCUT2D eigenvalue weighted by atomic mass is 10.2. The normalized spacial score (nSPS) is 10.8. The van der Waals surface area contributed by atoms with Gasteiger partial charge in [-0.3, -0.25) is 14.2 Å². The van der Waals surface area contributed by atoms with Gasteiger partial charge in [0.05, 0.1) is 6.54 Å². The molecule has 4 aromatic rings. The van der Waals surface area contributed by atoms with Gasteiger partial charge >= 0.3 is 0 Å². The molecule has 0 saturated heterocycles. The highest BCUT2D eigenvalue weighted by molar-refractivity contribution is 6.30. The molecule has 0 aliphatic carbocycles. The number of aromatic nitrogens is 3. The van der Waals surface area contributed by atoms with Gasteiger partial charge in [-0.15, -0.1) is 0 Å². The van der Waals surface area contributed by atoms with Gasteiger partial charge in [0.25, 0.3) is 11.5 Å². The van der Waals surface area contributed by atoms with Crippen LogP contribution in [0.4, 0.5) is 5.69 Å². The molecule has 2 aromatic heterocycles. The Kier molecular flexibility index (Phi) is 4.87. The Bertz CT molecular complexity index is 1220. The molecular weight excluding hydrogens is 376 g/mol. The van der Waals surface area contributed by atoms with Gasteiger partial charge in [-0.05, 0) is 35.9 Å². The highest BCUT2D eigenvalue weighted by Gasteiger charge is 2.18. The number of hydrogen-bond donors (Lipinski definition) is 1. The average molecular weight is 391 g/mol. The van der Waals surface area contributed by atoms with E-state index in [1.165, 1.54) is 4.57 Å². The summed E-state index contributed by atoms with van der Waals surface area (Å²) in [6.45, 7) is 0.285. The van der Waals surface area contributed by atoms with Crippen LogP contribution in [-0.4, -0.2) is 20.4 Å². The van der Waals surface area contributed by atoms with Crippen molar-refractivity contribution in [3.05, 3.63) is 99.6 Å². The summed E-state index contributed by atoms with van der Waals surface area (Å²) in [5.74, 6) is -0.597. The third-order valence-corrected chi connectivity index (χ3v) is 4.42. The third-order valence-electron chi connectivity index (χ3n) is 4.18. The number of amides is 1. The number of benzene rings is 2. The van der Waals surface area contributed by atoms with Gasteiger partial charge in [0.2, 0.25) is 0 Å². The summed E-state index contributed by atoms with van der Waals surface area (Å²) in [4.78, 5) is 34.3. The van der Waals surface area contributed by atoms with E-state index < -0.39 is 11.5 Å². The number of anilines is 1. The number of halogens is 1. The van der Waals surface area contributed by atoms with E-state index in [9.17, 15) is 9.59 Å². The summed E-state index contributed by atoms with van der Waals surface area (Å²) in [7, 11) is 0. The SMILES string of the molecule is O=C(Nc1cccc(Cl)c1)c1nc2cccnc2n(Cc2ccccc2)c1=O. The largest absolute Gasteiger partial charge is 0.320 e. The fraction of sp³-hybridized carbons (Fsp3) is 0.0476. The number of nitrogens with one attached hydrogen (secondary N) is 1. The number of fused-ring (bicyclic) bond motifs is 1. The van der Waals surface area contributed by atoms with Crippen molar-refractivity contribution < 1.29 is 4.79 Å². The predicted molar refractivity (Wildman–Crippen MR) is 109 cm³/mol. The molecule has 1 N–H and O–H groups in total. The Morgan fingerprint density at radius 1 is 1.04 bits per heavy atom. The van der Waals surface area contributed by atoms with Crippen molar-refractivity contribution in [3.8, 4) is 0 Å². The van der Waals surface area contributed by atoms with Crippen LogP contribution < -0.4 is 10.9 Å². The molecule has 2 heterocycles. The Labute approximate surface area is 165 Å². The Balaban J connectivity index is 1.79. The van der Waals surface area contributed by atoms with Crippen LogP contribution in [0.15, 0.2) is 77.7 Å². The molecule has 0 unspecified atom stereocenters. The van der Waals surface area contributed by atoms with E-state index in [1.54, 1.807) is 42.6 Å². The number of rotatable bonds is 4. The third kappa shape index (κ3) is 3.63. The summed E-state index contributed by atoms with van der Waals surface area (Å²) < 4.78 is 1.46. The molecule has 0 bridgehead atoms. The van der Waals surface area contributed by atoms with Gasteiger partial charge < -0.3 is 5.32 Å². The van der Waals surface area contributed by atoms with Crippen molar-refractivity contribution >= 4 is 34.4 Å². The average Bonchev–Trinajstić information content (AvgIpc) is 2.70. The molecule has 0 saturated carbocycles. The van der Waals surface area contributed by atoms with E-state index in [2.05, 4.69) is 15.3 Å². The molecule has 0 aliphatic rings. The molecule has 0 spiro atoms. The van der Waals surface area contributed by atoms with Crippen LogP contribution in [0.5, 0.6) is 0 Å². The number of carbonyl (C=O) groups is 1. The van der Waals surface area contributed by atoms with E-state index in [0.29, 0.717) is 21.9 Å². The number of carbonyl (C=O) groups excluding carboxylic acids is 1. The molecule has 138 valence electrons. The highest BCUT2D eigenvalue weighted by Crippen LogP contribution is 2.16. The molecule has 4 rings (SSSR count). The first-order valence-corrected chi connectivity index (χ1v) is 8.96. The molecule has 0 atom stereocenters. The van der Waals surface area contributed by atoms with Gasteiger partial charge in [0.15, 0.2) is 11.3 Å². The molecule has 2 aromatic carbocycles. The minimum Gasteiger partial charge on any atom is -0.320 e. The predicted octanol–water partition coefficient (Wildman–Crippen LogP) is 3.75. The Morgan fingerprint density at radius 3 is 2.64 bits per heavy atom. The zero-order valence-corrected chi connectivity index (χ0v) is 15.4. The van der Waals surface area contributed by atoms with Crippen LogP contribution in [0.1, 0.15) is 16.1 Å². The van der Waals surface area contributed by atoms with Crippen molar-refractivity contribution in [2.75, 3.05) is 5.32 Å². The molecule has 28 heavy (non-hydrogen) atoms. The zero-order chi connectivity index (χ0) is 19.5. The maximum atomic E-state index is 13.1. The fourth-order valence-electron chi connectivity index (χ4n) is 2.89. The standard InChI is InChI=1S/C21H15ClN4O2/c22-15-8-4-9-16(12-15)24-20(27)18-21(28)26(13-14-6-2-1-3-7-14)19-17(25-18)10-5-11-23-19/h1-12H,13H2,(H,24,27). The lowest BCUT2D eigenvalue weighted by Gasteiger charge is -2.12. The monoisotopic (exact) mass is 390 g/mol. The van der Waals surface area contributed by atoms with Crippen LogP contribution >= 0.6 is 11.6 Å². The van der Waals surface area contributed by atoms with E-state index in [4.69, 9.17) is 11.6 Å². The van der Waals surface area contributed by atoms with Crippen molar-refractivity contribution in [1.82, 2.24) is 14.5 Å². The molecule has 0 fully saturated rings. The number of nitrogens with zero attached hydrogens (tertiary/aromatic N) is 3. The summed E-state index contributed by atoms with van der Waals surface area (Å²) in [5.41, 5.74) is 1.60. The van der Waals surface area contributed by atoms with E-state index >= 15 is 0 Å². The first kappa shape index (κ1) is 17.9. The topological polar surface area (TPSA) is 76.9 Å². The number of pyridine rings is 1. The summed E-state index contributed by atoms with van der Waals surface area (Å²) in [6.07, 6.45) is 1.59. The van der Waals surface area contributed by atoms with E-state index in [1.807, 2.05) is 30.3 Å². The maximum Gasteiger partial charge on any atom is 0.284 e. The van der Waals surface area contributed by atoms with Crippen LogP contribution in [0, 0.1) is 0 Å². The van der Waals surface area contributed by atoms with Crippen LogP contribution in [0.3, 0.4) is 0 Å². The summed E-state index contributed by atoms with van der Waals surface area (Å²) >= 11 is 5.96. The molecule has 0 radical (unpaired) electrons. The Hall–Kier alpha value is -3.51. The van der Waals surface area contributed by atoms with Crippen molar-refractivity contribution in [2.45, 2.75) is 6.54 Å². The van der Waals surface area contributed by atoms with Crippen molar-refractivity contribution in [1.29, 1.82) is 0 Å². The fourth-order valence-corrected chi connectivity index (χ4v) is 3.08. The van der Waals surface area contributed by atoms with Gasteiger partial charge in [0, 0.05) is 16.9 Å². The van der Waals surface area contributed by atoms with Gasteiger partial charge in [-0.1, -0.05) is 48.0 Å². The van der Waals surface area contributed by atoms with E-state index in [-0.39, 0.29) is 12.2 Å². The molecule has 6 nitrogen and oxygen atoms in total. The zero-order valence-electron chi connectivity index (χ0n) is 14.7. The maximum absolute atomic E-state index is 13.1. The van der Waals surface area contributed by atoms with Crippen molar-refractivity contribution in [3.63, 3.8) is 0 Å². The Morgan fingerprint density at radius 2 is 1.86 bits per heavy atom. The van der Waals surface area contributed by atoms with Crippen LogP contribution in [0.2, 0.25) is 5.02 Å². The summed E-state index contributed by atoms with van der Waals surface area (Å²) in [6, 6.07) is 19.6. The van der Waals surface area contributed by atoms with E-state index in [0.717, 1.165) is 5.56 Å². The van der Waals surface area contributed by atoms with Gasteiger partial charge in [-0.25, -0.2) is 9.97 Å². The lowest BCUT2D eigenvalue weighted by molar-refractivity contribution is 0.102. The quantitative estimate of drug-likeness (QED) is 0.575. The minimum absolute atomic E-state index is 0.198.